The molecule has 172 valence electrons. The molecule has 1 fully saturated rings. The number of carbonyl (C=O) groups excluding carboxylic acids is 3. The standard InChI is InChI=1S/C26H30N4O3/c1-18(31)27-21-11-9-20(10-12-21)23-24(29(3)22-13-15-28(2)16-14-22)26(33)30(25(23)32)17-19-7-5-4-6-8-19/h4-12,22H,13-17H2,1-3H3,(H,27,31). The van der Waals surface area contributed by atoms with Crippen molar-refractivity contribution in [2.45, 2.75) is 32.4 Å². The van der Waals surface area contributed by atoms with Crippen LogP contribution in [0.15, 0.2) is 60.3 Å². The van der Waals surface area contributed by atoms with E-state index >= 15 is 0 Å². The molecule has 1 N–H and O–H groups in total. The fraction of sp³-hybridized carbons (Fsp3) is 0.346. The second-order valence-electron chi connectivity index (χ2n) is 8.81. The average molecular weight is 447 g/mol. The number of nitrogens with zero attached hydrogens (tertiary/aromatic N) is 3. The Kier molecular flexibility index (Phi) is 6.60. The number of anilines is 1. The van der Waals surface area contributed by atoms with Crippen LogP contribution >= 0.6 is 0 Å². The van der Waals surface area contributed by atoms with Gasteiger partial charge in [0, 0.05) is 25.7 Å². The van der Waals surface area contributed by atoms with Gasteiger partial charge >= 0.3 is 0 Å². The molecule has 2 aromatic rings. The second-order valence-corrected chi connectivity index (χ2v) is 8.81. The fourth-order valence-electron chi connectivity index (χ4n) is 4.55. The summed E-state index contributed by atoms with van der Waals surface area (Å²) in [6.07, 6.45) is 1.87. The fourth-order valence-corrected chi connectivity index (χ4v) is 4.55. The molecule has 1 saturated heterocycles. The average Bonchev–Trinajstić information content (AvgIpc) is 3.05. The number of piperidine rings is 1. The highest BCUT2D eigenvalue weighted by Gasteiger charge is 2.42. The zero-order valence-electron chi connectivity index (χ0n) is 19.4. The molecule has 2 aliphatic rings. The van der Waals surface area contributed by atoms with Crippen LogP contribution < -0.4 is 5.32 Å². The SMILES string of the molecule is CC(=O)Nc1ccc(C2=C(N(C)C3CCN(C)CC3)C(=O)N(Cc3ccccc3)C2=O)cc1. The van der Waals surface area contributed by atoms with Gasteiger partial charge in [0.2, 0.25) is 5.91 Å². The van der Waals surface area contributed by atoms with E-state index in [1.165, 1.54) is 11.8 Å². The van der Waals surface area contributed by atoms with E-state index in [4.69, 9.17) is 0 Å². The Hall–Kier alpha value is -3.45. The normalized spacial score (nSPS) is 17.6. The van der Waals surface area contributed by atoms with Crippen molar-refractivity contribution in [2.75, 3.05) is 32.5 Å². The van der Waals surface area contributed by atoms with E-state index in [2.05, 4.69) is 17.3 Å². The van der Waals surface area contributed by atoms with E-state index < -0.39 is 0 Å². The van der Waals surface area contributed by atoms with Gasteiger partial charge in [0.15, 0.2) is 0 Å². The lowest BCUT2D eigenvalue weighted by atomic mass is 10.00. The molecule has 7 heteroatoms. The van der Waals surface area contributed by atoms with E-state index in [0.717, 1.165) is 31.5 Å². The van der Waals surface area contributed by atoms with Crippen LogP contribution in [0.3, 0.4) is 0 Å². The molecular weight excluding hydrogens is 416 g/mol. The van der Waals surface area contributed by atoms with E-state index in [-0.39, 0.29) is 30.3 Å². The summed E-state index contributed by atoms with van der Waals surface area (Å²) in [5, 5.41) is 2.74. The first-order valence-electron chi connectivity index (χ1n) is 11.3. The first-order valence-corrected chi connectivity index (χ1v) is 11.3. The minimum absolute atomic E-state index is 0.161. The van der Waals surface area contributed by atoms with E-state index in [1.54, 1.807) is 24.3 Å². The summed E-state index contributed by atoms with van der Waals surface area (Å²) in [4.78, 5) is 44.2. The molecule has 0 bridgehead atoms. The third-order valence-electron chi connectivity index (χ3n) is 6.41. The number of likely N-dealkylation sites (N-methyl/N-ethyl adjacent to an activating group) is 1. The topological polar surface area (TPSA) is 73.0 Å². The summed E-state index contributed by atoms with van der Waals surface area (Å²) in [7, 11) is 4.03. The molecule has 33 heavy (non-hydrogen) atoms. The van der Waals surface area contributed by atoms with Gasteiger partial charge in [0.25, 0.3) is 11.8 Å². The van der Waals surface area contributed by atoms with Crippen molar-refractivity contribution in [3.63, 3.8) is 0 Å². The Morgan fingerprint density at radius 3 is 2.24 bits per heavy atom. The molecule has 0 aliphatic carbocycles. The van der Waals surface area contributed by atoms with Crippen LogP contribution in [-0.4, -0.2) is 65.6 Å². The highest BCUT2D eigenvalue weighted by Crippen LogP contribution is 2.34. The molecular formula is C26H30N4O3. The molecule has 3 amide bonds. The molecule has 0 unspecified atom stereocenters. The molecule has 2 aliphatic heterocycles. The predicted octanol–water partition coefficient (Wildman–Crippen LogP) is 2.95. The van der Waals surface area contributed by atoms with Crippen molar-refractivity contribution in [1.29, 1.82) is 0 Å². The highest BCUT2D eigenvalue weighted by molar-refractivity contribution is 6.35. The van der Waals surface area contributed by atoms with Gasteiger partial charge in [-0.25, -0.2) is 0 Å². The zero-order valence-corrected chi connectivity index (χ0v) is 19.4. The maximum atomic E-state index is 13.6. The van der Waals surface area contributed by atoms with Crippen LogP contribution in [0.4, 0.5) is 5.69 Å². The Morgan fingerprint density at radius 2 is 1.64 bits per heavy atom. The largest absolute Gasteiger partial charge is 0.366 e. The monoisotopic (exact) mass is 446 g/mol. The molecule has 2 heterocycles. The van der Waals surface area contributed by atoms with Gasteiger partial charge in [-0.05, 0) is 56.2 Å². The lowest BCUT2D eigenvalue weighted by Gasteiger charge is -2.36. The van der Waals surface area contributed by atoms with Gasteiger partial charge in [-0.2, -0.15) is 0 Å². The maximum Gasteiger partial charge on any atom is 0.278 e. The van der Waals surface area contributed by atoms with Crippen molar-refractivity contribution in [3.05, 3.63) is 71.4 Å². The smallest absolute Gasteiger partial charge is 0.278 e. The first kappa shape index (κ1) is 22.7. The molecule has 0 spiro atoms. The number of hydrogen-bond donors (Lipinski definition) is 1. The number of rotatable bonds is 6. The minimum atomic E-state index is -0.286. The van der Waals surface area contributed by atoms with Gasteiger partial charge in [0.1, 0.15) is 5.70 Å². The summed E-state index contributed by atoms with van der Waals surface area (Å²) in [6.45, 7) is 3.60. The molecule has 0 radical (unpaired) electrons. The molecule has 2 aromatic carbocycles. The van der Waals surface area contributed by atoms with E-state index in [1.807, 2.05) is 42.3 Å². The number of benzene rings is 2. The maximum absolute atomic E-state index is 13.6. The lowest BCUT2D eigenvalue weighted by Crippen LogP contribution is -2.43. The van der Waals surface area contributed by atoms with Crippen LogP contribution in [0.5, 0.6) is 0 Å². The highest BCUT2D eigenvalue weighted by atomic mass is 16.2. The van der Waals surface area contributed by atoms with Crippen molar-refractivity contribution >= 4 is 29.0 Å². The summed E-state index contributed by atoms with van der Waals surface area (Å²) >= 11 is 0. The lowest BCUT2D eigenvalue weighted by molar-refractivity contribution is -0.138. The van der Waals surface area contributed by atoms with Crippen LogP contribution in [0.1, 0.15) is 30.9 Å². The number of amides is 3. The second kappa shape index (κ2) is 9.58. The molecule has 0 aromatic heterocycles. The Bertz CT molecular complexity index is 1070. The first-order chi connectivity index (χ1) is 15.8. The van der Waals surface area contributed by atoms with Crippen molar-refractivity contribution < 1.29 is 14.4 Å². The molecule has 7 nitrogen and oxygen atoms in total. The number of hydrogen-bond acceptors (Lipinski definition) is 5. The molecule has 0 atom stereocenters. The number of imide groups is 1. The predicted molar refractivity (Wildman–Crippen MR) is 128 cm³/mol. The summed E-state index contributed by atoms with van der Waals surface area (Å²) in [5.74, 6) is -0.706. The Balaban J connectivity index is 1.70. The molecule has 0 saturated carbocycles. The number of likely N-dealkylation sites (tertiary alicyclic amines) is 1. The summed E-state index contributed by atoms with van der Waals surface area (Å²) in [6, 6.07) is 16.9. The molecule has 4 rings (SSSR count). The minimum Gasteiger partial charge on any atom is -0.366 e. The van der Waals surface area contributed by atoms with Gasteiger partial charge in [-0.1, -0.05) is 42.5 Å². The third kappa shape index (κ3) is 4.83. The summed E-state index contributed by atoms with van der Waals surface area (Å²) in [5.41, 5.74) is 3.11. The van der Waals surface area contributed by atoms with Crippen LogP contribution in [-0.2, 0) is 20.9 Å². The van der Waals surface area contributed by atoms with Crippen LogP contribution in [0, 0.1) is 0 Å². The van der Waals surface area contributed by atoms with Crippen molar-refractivity contribution in [3.8, 4) is 0 Å². The van der Waals surface area contributed by atoms with Gasteiger partial charge in [0.05, 0.1) is 12.1 Å². The van der Waals surface area contributed by atoms with E-state index in [0.29, 0.717) is 22.5 Å². The van der Waals surface area contributed by atoms with Gasteiger partial charge in [-0.15, -0.1) is 0 Å². The third-order valence-corrected chi connectivity index (χ3v) is 6.41. The van der Waals surface area contributed by atoms with Crippen molar-refractivity contribution in [2.24, 2.45) is 0 Å². The van der Waals surface area contributed by atoms with Crippen molar-refractivity contribution in [1.82, 2.24) is 14.7 Å². The van der Waals surface area contributed by atoms with E-state index in [9.17, 15) is 14.4 Å². The van der Waals surface area contributed by atoms with Gasteiger partial charge < -0.3 is 15.1 Å². The Labute approximate surface area is 194 Å². The quantitative estimate of drug-likeness (QED) is 0.691. The number of nitrogens with one attached hydrogen (secondary N) is 1. The zero-order chi connectivity index (χ0) is 23.5. The van der Waals surface area contributed by atoms with Crippen LogP contribution in [0.25, 0.3) is 5.57 Å². The summed E-state index contributed by atoms with van der Waals surface area (Å²) < 4.78 is 0. The van der Waals surface area contributed by atoms with Gasteiger partial charge in [-0.3, -0.25) is 19.3 Å². The Morgan fingerprint density at radius 1 is 1.00 bits per heavy atom. The van der Waals surface area contributed by atoms with Crippen LogP contribution in [0.2, 0.25) is 0 Å². The number of carbonyl (C=O) groups is 3.